The standard InChI is InChI=1S/C31H37BrN4O4S/c1-18(21-8-10-22(11-9-21)27-19(2)33-17-41-27)34-29(39)25-15-24(37)16-36(25)30(40)28(31(3,4)5)35-26(38)14-20-6-12-23(32)13-7-20/h6-13,17-18,24-25,28,37H,14-16H2,1-5H3,(H,34,39)(H,35,38)/t18-,24+,25-,28+/m0/s1. The Morgan fingerprint density at radius 3 is 2.34 bits per heavy atom. The first kappa shape index (κ1) is 30.9. The molecule has 4 rings (SSSR count). The van der Waals surface area contributed by atoms with E-state index in [1.807, 2.05) is 88.7 Å². The largest absolute Gasteiger partial charge is 0.391 e. The number of hydrogen-bond acceptors (Lipinski definition) is 6. The number of thiazole rings is 1. The van der Waals surface area contributed by atoms with Gasteiger partial charge in [-0.2, -0.15) is 0 Å². The first-order chi connectivity index (χ1) is 19.3. The number of halogens is 1. The van der Waals surface area contributed by atoms with Gasteiger partial charge in [-0.15, -0.1) is 11.3 Å². The highest BCUT2D eigenvalue weighted by Crippen LogP contribution is 2.29. The molecule has 0 unspecified atom stereocenters. The summed E-state index contributed by atoms with van der Waals surface area (Å²) in [6.45, 7) is 9.51. The van der Waals surface area contributed by atoms with Crippen LogP contribution in [0, 0.1) is 12.3 Å². The number of nitrogens with one attached hydrogen (secondary N) is 2. The Hall–Kier alpha value is -3.08. The number of hydrogen-bond donors (Lipinski definition) is 3. The van der Waals surface area contributed by atoms with Crippen molar-refractivity contribution in [3.05, 3.63) is 75.3 Å². The van der Waals surface area contributed by atoms with Crippen LogP contribution >= 0.6 is 27.3 Å². The highest BCUT2D eigenvalue weighted by atomic mass is 79.9. The number of rotatable bonds is 8. The number of carbonyl (C=O) groups excluding carboxylic acids is 3. The number of amides is 3. The summed E-state index contributed by atoms with van der Waals surface area (Å²) in [7, 11) is 0. The Kier molecular flexibility index (Phi) is 9.66. The molecule has 0 bridgehead atoms. The molecule has 1 saturated heterocycles. The van der Waals surface area contributed by atoms with E-state index in [9.17, 15) is 19.5 Å². The van der Waals surface area contributed by atoms with Gasteiger partial charge < -0.3 is 20.6 Å². The summed E-state index contributed by atoms with van der Waals surface area (Å²) in [6.07, 6.45) is -0.568. The fourth-order valence-corrected chi connectivity index (χ4v) is 6.09. The van der Waals surface area contributed by atoms with Crippen LogP contribution < -0.4 is 10.6 Å². The van der Waals surface area contributed by atoms with E-state index in [-0.39, 0.29) is 43.1 Å². The van der Waals surface area contributed by atoms with Gasteiger partial charge in [0.15, 0.2) is 0 Å². The summed E-state index contributed by atoms with van der Waals surface area (Å²) in [4.78, 5) is 47.0. The van der Waals surface area contributed by atoms with Crippen molar-refractivity contribution in [3.63, 3.8) is 0 Å². The van der Waals surface area contributed by atoms with E-state index in [4.69, 9.17) is 0 Å². The minimum Gasteiger partial charge on any atom is -0.391 e. The zero-order chi connectivity index (χ0) is 29.9. The lowest BCUT2D eigenvalue weighted by atomic mass is 9.85. The molecule has 1 aliphatic heterocycles. The van der Waals surface area contributed by atoms with Gasteiger partial charge in [-0.25, -0.2) is 4.98 Å². The van der Waals surface area contributed by atoms with Gasteiger partial charge in [0.25, 0.3) is 0 Å². The molecule has 2 heterocycles. The van der Waals surface area contributed by atoms with E-state index in [0.717, 1.165) is 31.7 Å². The molecule has 218 valence electrons. The molecule has 4 atom stereocenters. The molecule has 1 aromatic heterocycles. The Balaban J connectivity index is 1.44. The van der Waals surface area contributed by atoms with Crippen molar-refractivity contribution in [1.82, 2.24) is 20.5 Å². The number of benzene rings is 2. The Labute approximate surface area is 253 Å². The van der Waals surface area contributed by atoms with Crippen molar-refractivity contribution < 1.29 is 19.5 Å². The van der Waals surface area contributed by atoms with E-state index in [2.05, 4.69) is 31.5 Å². The van der Waals surface area contributed by atoms with Gasteiger partial charge in [0, 0.05) is 17.4 Å². The van der Waals surface area contributed by atoms with Crippen LogP contribution in [0.15, 0.2) is 58.5 Å². The zero-order valence-corrected chi connectivity index (χ0v) is 26.4. The van der Waals surface area contributed by atoms with Crippen LogP contribution in [0.5, 0.6) is 0 Å². The lowest BCUT2D eigenvalue weighted by Gasteiger charge is -2.35. The van der Waals surface area contributed by atoms with Gasteiger partial charge in [0.2, 0.25) is 17.7 Å². The van der Waals surface area contributed by atoms with E-state index in [0.29, 0.717) is 0 Å². The van der Waals surface area contributed by atoms with Crippen molar-refractivity contribution in [3.8, 4) is 10.4 Å². The summed E-state index contributed by atoms with van der Waals surface area (Å²) in [5.41, 5.74) is 5.00. The van der Waals surface area contributed by atoms with Crippen LogP contribution in [-0.4, -0.2) is 57.4 Å². The van der Waals surface area contributed by atoms with Crippen molar-refractivity contribution in [2.45, 2.75) is 71.7 Å². The molecular weight excluding hydrogens is 604 g/mol. The highest BCUT2D eigenvalue weighted by Gasteiger charge is 2.44. The molecule has 8 nitrogen and oxygen atoms in total. The normalized spacial score (nSPS) is 18.6. The van der Waals surface area contributed by atoms with Gasteiger partial charge >= 0.3 is 0 Å². The number of aryl methyl sites for hydroxylation is 1. The Bertz CT molecular complexity index is 1380. The molecule has 0 saturated carbocycles. The SMILES string of the molecule is Cc1ncsc1-c1ccc([C@H](C)NC(=O)[C@@H]2C[C@@H](O)CN2C(=O)[C@@H](NC(=O)Cc2ccc(Br)cc2)C(C)(C)C)cc1. The smallest absolute Gasteiger partial charge is 0.246 e. The summed E-state index contributed by atoms with van der Waals surface area (Å²) in [5.74, 6) is -0.999. The van der Waals surface area contributed by atoms with Gasteiger partial charge in [-0.05, 0) is 48.1 Å². The monoisotopic (exact) mass is 640 g/mol. The maximum atomic E-state index is 13.8. The number of aromatic nitrogens is 1. The van der Waals surface area contributed by atoms with Crippen LogP contribution in [0.2, 0.25) is 0 Å². The van der Waals surface area contributed by atoms with Gasteiger partial charge in [0.05, 0.1) is 34.6 Å². The summed E-state index contributed by atoms with van der Waals surface area (Å²) < 4.78 is 0.915. The number of nitrogens with zero attached hydrogens (tertiary/aromatic N) is 2. The zero-order valence-electron chi connectivity index (χ0n) is 24.0. The second-order valence-electron chi connectivity index (χ2n) is 11.7. The van der Waals surface area contributed by atoms with Gasteiger partial charge in [-0.1, -0.05) is 73.1 Å². The Morgan fingerprint density at radius 2 is 1.76 bits per heavy atom. The minimum absolute atomic E-state index is 0.0311. The Morgan fingerprint density at radius 1 is 1.10 bits per heavy atom. The van der Waals surface area contributed by atoms with E-state index < -0.39 is 23.6 Å². The average molecular weight is 642 g/mol. The molecule has 3 amide bonds. The van der Waals surface area contributed by atoms with E-state index >= 15 is 0 Å². The third-order valence-corrected chi connectivity index (χ3v) is 8.84. The molecule has 0 spiro atoms. The fourth-order valence-electron chi connectivity index (χ4n) is 5.02. The molecule has 10 heteroatoms. The molecule has 0 aliphatic carbocycles. The molecular formula is C31H37BrN4O4S. The first-order valence-electron chi connectivity index (χ1n) is 13.7. The molecule has 1 fully saturated rings. The number of β-amino-alcohol motifs (C(OH)–C–C–N with tert-alkyl or cyclic N) is 1. The van der Waals surface area contributed by atoms with Crippen LogP contribution in [-0.2, 0) is 20.8 Å². The topological polar surface area (TPSA) is 112 Å². The predicted octanol–water partition coefficient (Wildman–Crippen LogP) is 4.79. The number of carbonyl (C=O) groups is 3. The lowest BCUT2D eigenvalue weighted by molar-refractivity contribution is -0.144. The fraction of sp³-hybridized carbons (Fsp3) is 0.419. The van der Waals surface area contributed by atoms with Crippen LogP contribution in [0.4, 0.5) is 0 Å². The number of aliphatic hydroxyl groups is 1. The van der Waals surface area contributed by atoms with Crippen molar-refractivity contribution >= 4 is 45.0 Å². The highest BCUT2D eigenvalue weighted by molar-refractivity contribution is 9.10. The number of likely N-dealkylation sites (tertiary alicyclic amines) is 1. The van der Waals surface area contributed by atoms with E-state index in [1.165, 1.54) is 4.90 Å². The van der Waals surface area contributed by atoms with Gasteiger partial charge in [-0.3, -0.25) is 14.4 Å². The third kappa shape index (κ3) is 7.61. The summed E-state index contributed by atoms with van der Waals surface area (Å²) in [6, 6.07) is 13.4. The second kappa shape index (κ2) is 12.8. The molecule has 41 heavy (non-hydrogen) atoms. The predicted molar refractivity (Wildman–Crippen MR) is 164 cm³/mol. The van der Waals surface area contributed by atoms with Gasteiger partial charge in [0.1, 0.15) is 12.1 Å². The first-order valence-corrected chi connectivity index (χ1v) is 15.3. The summed E-state index contributed by atoms with van der Waals surface area (Å²) >= 11 is 4.98. The maximum Gasteiger partial charge on any atom is 0.246 e. The molecule has 0 radical (unpaired) electrons. The third-order valence-electron chi connectivity index (χ3n) is 7.34. The summed E-state index contributed by atoms with van der Waals surface area (Å²) in [5, 5.41) is 16.4. The molecule has 3 aromatic rings. The quantitative estimate of drug-likeness (QED) is 0.328. The molecule has 1 aliphatic rings. The average Bonchev–Trinajstić information content (AvgIpc) is 3.53. The lowest BCUT2D eigenvalue weighted by Crippen LogP contribution is -2.58. The van der Waals surface area contributed by atoms with Crippen molar-refractivity contribution in [2.24, 2.45) is 5.41 Å². The van der Waals surface area contributed by atoms with Crippen molar-refractivity contribution in [2.75, 3.05) is 6.54 Å². The maximum absolute atomic E-state index is 13.8. The van der Waals surface area contributed by atoms with Crippen LogP contribution in [0.1, 0.15) is 57.0 Å². The molecule has 2 aromatic carbocycles. The minimum atomic E-state index is -0.869. The number of aliphatic hydroxyl groups excluding tert-OH is 1. The molecule has 3 N–H and O–H groups in total. The van der Waals surface area contributed by atoms with Crippen LogP contribution in [0.25, 0.3) is 10.4 Å². The van der Waals surface area contributed by atoms with E-state index in [1.54, 1.807) is 11.3 Å². The van der Waals surface area contributed by atoms with Crippen LogP contribution in [0.3, 0.4) is 0 Å². The second-order valence-corrected chi connectivity index (χ2v) is 13.5. The van der Waals surface area contributed by atoms with Crippen molar-refractivity contribution in [1.29, 1.82) is 0 Å².